The molecule has 0 saturated heterocycles. The van der Waals surface area contributed by atoms with Gasteiger partial charge in [-0.3, -0.25) is 9.20 Å². The van der Waals surface area contributed by atoms with Gasteiger partial charge >= 0.3 is 0 Å². The molecule has 25 heavy (non-hydrogen) atoms. The topological polar surface area (TPSA) is 64.2 Å². The first-order chi connectivity index (χ1) is 12.0. The van der Waals surface area contributed by atoms with Crippen molar-refractivity contribution in [2.45, 2.75) is 46.7 Å². The number of pyridine rings is 1. The molecule has 0 aromatic carbocycles. The summed E-state index contributed by atoms with van der Waals surface area (Å²) >= 11 is 0. The van der Waals surface area contributed by atoms with Crippen molar-refractivity contribution in [1.29, 1.82) is 0 Å². The zero-order chi connectivity index (χ0) is 18.0. The molecular weight excluding hydrogens is 314 g/mol. The second kappa shape index (κ2) is 7.09. The van der Waals surface area contributed by atoms with Crippen LogP contribution in [0.2, 0.25) is 0 Å². The molecule has 0 aliphatic rings. The first-order valence-electron chi connectivity index (χ1n) is 8.67. The fraction of sp³-hybridized carbons (Fsp3) is 0.421. The number of carbonyl (C=O) groups is 1. The van der Waals surface area contributed by atoms with E-state index in [2.05, 4.69) is 29.4 Å². The Morgan fingerprint density at radius 3 is 2.52 bits per heavy atom. The monoisotopic (exact) mass is 339 g/mol. The van der Waals surface area contributed by atoms with Gasteiger partial charge < -0.3 is 9.88 Å². The van der Waals surface area contributed by atoms with E-state index in [1.807, 2.05) is 59.3 Å². The second-order valence-electron chi connectivity index (χ2n) is 6.94. The van der Waals surface area contributed by atoms with E-state index in [9.17, 15) is 4.79 Å². The van der Waals surface area contributed by atoms with Gasteiger partial charge in [0.25, 0.3) is 0 Å². The molecule has 6 nitrogen and oxygen atoms in total. The van der Waals surface area contributed by atoms with Crippen LogP contribution >= 0.6 is 0 Å². The summed E-state index contributed by atoms with van der Waals surface area (Å²) in [6.07, 6.45) is 2.75. The van der Waals surface area contributed by atoms with Gasteiger partial charge in [0.1, 0.15) is 6.54 Å². The molecule has 3 heterocycles. The molecule has 3 aromatic rings. The van der Waals surface area contributed by atoms with Crippen LogP contribution in [0.3, 0.4) is 0 Å². The standard InChI is InChI=1S/C19H25N5O/c1-13(2)11-16(19-22-21-17-7-5-6-10-23(17)19)20-18(25)12-24-14(3)8-9-15(24)4/h5-10,13,16H,11-12H2,1-4H3,(H,20,25). The molecule has 0 bridgehead atoms. The Kier molecular flexibility index (Phi) is 4.88. The van der Waals surface area contributed by atoms with E-state index in [1.165, 1.54) is 0 Å². The van der Waals surface area contributed by atoms with E-state index < -0.39 is 0 Å². The van der Waals surface area contributed by atoms with Crippen molar-refractivity contribution < 1.29 is 4.79 Å². The molecule has 6 heteroatoms. The molecule has 0 aliphatic heterocycles. The van der Waals surface area contributed by atoms with E-state index in [0.29, 0.717) is 12.5 Å². The quantitative estimate of drug-likeness (QED) is 0.751. The number of carbonyl (C=O) groups excluding carboxylic acids is 1. The zero-order valence-electron chi connectivity index (χ0n) is 15.2. The van der Waals surface area contributed by atoms with Gasteiger partial charge in [0.15, 0.2) is 11.5 Å². The Bertz CT molecular complexity index is 857. The van der Waals surface area contributed by atoms with Crippen LogP contribution in [0.25, 0.3) is 5.65 Å². The lowest BCUT2D eigenvalue weighted by molar-refractivity contribution is -0.122. The van der Waals surface area contributed by atoms with Crippen LogP contribution in [-0.2, 0) is 11.3 Å². The highest BCUT2D eigenvalue weighted by Gasteiger charge is 2.22. The van der Waals surface area contributed by atoms with E-state index in [1.54, 1.807) is 0 Å². The fourth-order valence-corrected chi connectivity index (χ4v) is 3.13. The molecule has 0 radical (unpaired) electrons. The van der Waals surface area contributed by atoms with Gasteiger partial charge in [-0.05, 0) is 50.5 Å². The van der Waals surface area contributed by atoms with Crippen molar-refractivity contribution in [1.82, 2.24) is 24.5 Å². The molecule has 1 N–H and O–H groups in total. The van der Waals surface area contributed by atoms with Gasteiger partial charge in [0.05, 0.1) is 6.04 Å². The summed E-state index contributed by atoms with van der Waals surface area (Å²) in [4.78, 5) is 12.6. The highest BCUT2D eigenvalue weighted by atomic mass is 16.2. The molecule has 0 aliphatic carbocycles. The Hall–Kier alpha value is -2.63. The zero-order valence-corrected chi connectivity index (χ0v) is 15.2. The lowest BCUT2D eigenvalue weighted by atomic mass is 10.0. The van der Waals surface area contributed by atoms with Gasteiger partial charge in [-0.2, -0.15) is 0 Å². The number of aryl methyl sites for hydroxylation is 2. The van der Waals surface area contributed by atoms with E-state index >= 15 is 0 Å². The molecular formula is C19H25N5O. The maximum absolute atomic E-state index is 12.6. The van der Waals surface area contributed by atoms with Gasteiger partial charge in [-0.15, -0.1) is 10.2 Å². The maximum Gasteiger partial charge on any atom is 0.240 e. The van der Waals surface area contributed by atoms with Crippen LogP contribution in [0, 0.1) is 19.8 Å². The number of rotatable bonds is 6. The van der Waals surface area contributed by atoms with Crippen molar-refractivity contribution in [3.63, 3.8) is 0 Å². The summed E-state index contributed by atoms with van der Waals surface area (Å²) in [6.45, 7) is 8.62. The second-order valence-corrected chi connectivity index (χ2v) is 6.94. The van der Waals surface area contributed by atoms with Crippen molar-refractivity contribution in [3.05, 3.63) is 53.7 Å². The maximum atomic E-state index is 12.6. The van der Waals surface area contributed by atoms with Crippen molar-refractivity contribution in [3.8, 4) is 0 Å². The van der Waals surface area contributed by atoms with Crippen LogP contribution in [0.15, 0.2) is 36.5 Å². The molecule has 1 amide bonds. The Balaban J connectivity index is 1.83. The minimum absolute atomic E-state index is 0.0132. The Morgan fingerprint density at radius 2 is 1.84 bits per heavy atom. The first kappa shape index (κ1) is 17.2. The minimum atomic E-state index is -0.166. The lowest BCUT2D eigenvalue weighted by Gasteiger charge is -2.20. The summed E-state index contributed by atoms with van der Waals surface area (Å²) < 4.78 is 3.96. The number of fused-ring (bicyclic) bond motifs is 1. The fourth-order valence-electron chi connectivity index (χ4n) is 3.13. The van der Waals surface area contributed by atoms with Gasteiger partial charge in [-0.1, -0.05) is 19.9 Å². The number of nitrogens with zero attached hydrogens (tertiary/aromatic N) is 4. The summed E-state index contributed by atoms with van der Waals surface area (Å²) in [5, 5.41) is 11.7. The third-order valence-electron chi connectivity index (χ3n) is 4.41. The molecule has 0 saturated carbocycles. The highest BCUT2D eigenvalue weighted by Crippen LogP contribution is 2.20. The van der Waals surface area contributed by atoms with Crippen molar-refractivity contribution in [2.75, 3.05) is 0 Å². The van der Waals surface area contributed by atoms with Crippen molar-refractivity contribution in [2.24, 2.45) is 5.92 Å². The number of aromatic nitrogens is 4. The summed E-state index contributed by atoms with van der Waals surface area (Å²) in [6, 6.07) is 9.68. The van der Waals surface area contributed by atoms with Crippen molar-refractivity contribution >= 4 is 11.6 Å². The summed E-state index contributed by atoms with van der Waals surface area (Å²) in [7, 11) is 0. The average molecular weight is 339 g/mol. The Labute approximate surface area is 147 Å². The van der Waals surface area contributed by atoms with E-state index in [4.69, 9.17) is 0 Å². The van der Waals surface area contributed by atoms with E-state index in [-0.39, 0.29) is 11.9 Å². The van der Waals surface area contributed by atoms with Gasteiger partial charge in [0.2, 0.25) is 5.91 Å². The lowest BCUT2D eigenvalue weighted by Crippen LogP contribution is -2.33. The predicted octanol–water partition coefficient (Wildman–Crippen LogP) is 3.05. The number of amides is 1. The molecule has 3 rings (SSSR count). The average Bonchev–Trinajstić information content (AvgIpc) is 3.12. The summed E-state index contributed by atoms with van der Waals surface area (Å²) in [5.41, 5.74) is 2.96. The van der Waals surface area contributed by atoms with Crippen LogP contribution < -0.4 is 5.32 Å². The Morgan fingerprint density at radius 1 is 1.12 bits per heavy atom. The molecule has 0 spiro atoms. The minimum Gasteiger partial charge on any atom is -0.344 e. The van der Waals surface area contributed by atoms with Gasteiger partial charge in [-0.25, -0.2) is 0 Å². The molecule has 1 unspecified atom stereocenters. The largest absolute Gasteiger partial charge is 0.344 e. The van der Waals surface area contributed by atoms with Crippen LogP contribution in [0.5, 0.6) is 0 Å². The number of hydrogen-bond donors (Lipinski definition) is 1. The molecule has 1 atom stereocenters. The van der Waals surface area contributed by atoms with E-state index in [0.717, 1.165) is 29.3 Å². The van der Waals surface area contributed by atoms with Gasteiger partial charge in [0, 0.05) is 17.6 Å². The highest BCUT2D eigenvalue weighted by molar-refractivity contribution is 5.76. The third kappa shape index (κ3) is 3.73. The first-order valence-corrected chi connectivity index (χ1v) is 8.67. The third-order valence-corrected chi connectivity index (χ3v) is 4.41. The summed E-state index contributed by atoms with van der Waals surface area (Å²) in [5.74, 6) is 1.19. The number of nitrogens with one attached hydrogen (secondary N) is 1. The van der Waals surface area contributed by atoms with Crippen LogP contribution in [0.1, 0.15) is 43.5 Å². The van der Waals surface area contributed by atoms with Crippen LogP contribution in [-0.4, -0.2) is 25.1 Å². The normalized spacial score (nSPS) is 12.7. The number of hydrogen-bond acceptors (Lipinski definition) is 3. The van der Waals surface area contributed by atoms with Crippen LogP contribution in [0.4, 0.5) is 0 Å². The smallest absolute Gasteiger partial charge is 0.240 e. The molecule has 132 valence electrons. The molecule has 0 fully saturated rings. The predicted molar refractivity (Wildman–Crippen MR) is 97.2 cm³/mol. The SMILES string of the molecule is Cc1ccc(C)n1CC(=O)NC(CC(C)C)c1nnc2ccccn12. The molecule has 3 aromatic heterocycles.